The average Bonchev–Trinajstić information content (AvgIpc) is 2.50. The third kappa shape index (κ3) is 4.46. The lowest BCUT2D eigenvalue weighted by molar-refractivity contribution is -0.385. The highest BCUT2D eigenvalue weighted by molar-refractivity contribution is 6.15. The van der Waals surface area contributed by atoms with Crippen LogP contribution < -0.4 is 10.1 Å². The molecule has 9 nitrogen and oxygen atoms in total. The molecule has 2 rings (SSSR count). The average molecular weight is 350 g/mol. The molecule has 1 heterocycles. The summed E-state index contributed by atoms with van der Waals surface area (Å²) in [6, 6.07) is 4.11. The monoisotopic (exact) mass is 350 g/mol. The Balaban J connectivity index is 2.21. The molecular weight excluding hydrogens is 332 g/mol. The number of nitro benzene ring substituents is 1. The molecule has 0 spiro atoms. The Kier molecular flexibility index (Phi) is 5.26. The fraction of sp³-hybridized carbons (Fsp3) is 0.375. The number of nitrogens with zero attached hydrogens (tertiary/aromatic N) is 1. The van der Waals surface area contributed by atoms with Gasteiger partial charge in [-0.2, -0.15) is 0 Å². The first kappa shape index (κ1) is 18.2. The highest BCUT2D eigenvalue weighted by Gasteiger charge is 2.38. The normalized spacial score (nSPS) is 15.9. The number of anilines is 1. The number of ether oxygens (including phenoxy) is 3. The summed E-state index contributed by atoms with van der Waals surface area (Å²) in [4.78, 5) is 34.2. The molecule has 0 unspecified atom stereocenters. The van der Waals surface area contributed by atoms with Gasteiger partial charge in [0.1, 0.15) is 0 Å². The first-order valence-corrected chi connectivity index (χ1v) is 7.58. The molecule has 25 heavy (non-hydrogen) atoms. The van der Waals surface area contributed by atoms with E-state index >= 15 is 0 Å². The molecule has 1 fully saturated rings. The van der Waals surface area contributed by atoms with Crippen LogP contribution in [0.4, 0.5) is 11.4 Å². The molecule has 1 aliphatic rings. The molecule has 0 aromatic heterocycles. The van der Waals surface area contributed by atoms with Gasteiger partial charge in [0.2, 0.25) is 0 Å². The van der Waals surface area contributed by atoms with Crippen LogP contribution in [0.2, 0.25) is 0 Å². The lowest BCUT2D eigenvalue weighted by atomic mass is 10.2. The predicted octanol–water partition coefficient (Wildman–Crippen LogP) is 2.52. The van der Waals surface area contributed by atoms with Crippen LogP contribution in [0.15, 0.2) is 30.0 Å². The lowest BCUT2D eigenvalue weighted by Gasteiger charge is -2.29. The number of carbonyl (C=O) groups excluding carboxylic acids is 2. The van der Waals surface area contributed by atoms with Crippen LogP contribution in [0.1, 0.15) is 27.2 Å². The summed E-state index contributed by atoms with van der Waals surface area (Å²) in [5.41, 5.74) is -0.0896. The summed E-state index contributed by atoms with van der Waals surface area (Å²) in [5.74, 6) is -2.87. The van der Waals surface area contributed by atoms with Gasteiger partial charge in [0, 0.05) is 37.9 Å². The van der Waals surface area contributed by atoms with Gasteiger partial charge in [-0.3, -0.25) is 10.1 Å². The third-order valence-electron chi connectivity index (χ3n) is 3.12. The van der Waals surface area contributed by atoms with Crippen molar-refractivity contribution in [2.75, 3.05) is 11.9 Å². The highest BCUT2D eigenvalue weighted by Crippen LogP contribution is 2.30. The van der Waals surface area contributed by atoms with Crippen LogP contribution in [0.3, 0.4) is 0 Å². The van der Waals surface area contributed by atoms with Gasteiger partial charge in [-0.05, 0) is 12.5 Å². The fourth-order valence-corrected chi connectivity index (χ4v) is 2.02. The van der Waals surface area contributed by atoms with Crippen molar-refractivity contribution < 1.29 is 28.7 Å². The van der Waals surface area contributed by atoms with Crippen LogP contribution in [-0.2, 0) is 19.1 Å². The van der Waals surface area contributed by atoms with E-state index in [4.69, 9.17) is 14.2 Å². The van der Waals surface area contributed by atoms with E-state index in [1.54, 1.807) is 0 Å². The summed E-state index contributed by atoms with van der Waals surface area (Å²) in [7, 11) is 0. The van der Waals surface area contributed by atoms with E-state index in [-0.39, 0.29) is 17.0 Å². The van der Waals surface area contributed by atoms with Crippen molar-refractivity contribution in [3.63, 3.8) is 0 Å². The molecule has 1 N–H and O–H groups in total. The van der Waals surface area contributed by atoms with Crippen LogP contribution in [0.25, 0.3) is 0 Å². The molecule has 0 aliphatic carbocycles. The van der Waals surface area contributed by atoms with E-state index in [1.165, 1.54) is 32.0 Å². The van der Waals surface area contributed by atoms with Crippen LogP contribution >= 0.6 is 0 Å². The third-order valence-corrected chi connectivity index (χ3v) is 3.12. The number of benzene rings is 1. The van der Waals surface area contributed by atoms with Gasteiger partial charge in [-0.15, -0.1) is 0 Å². The quantitative estimate of drug-likeness (QED) is 0.273. The minimum Gasteiger partial charge on any atom is -0.487 e. The van der Waals surface area contributed by atoms with Crippen LogP contribution in [0, 0.1) is 10.1 Å². The maximum absolute atomic E-state index is 11.8. The summed E-state index contributed by atoms with van der Waals surface area (Å²) < 4.78 is 15.3. The predicted molar refractivity (Wildman–Crippen MR) is 86.9 cm³/mol. The number of hydrogen-bond donors (Lipinski definition) is 1. The van der Waals surface area contributed by atoms with Crippen molar-refractivity contribution >= 4 is 23.3 Å². The Hall–Kier alpha value is -3.10. The molecule has 1 aromatic carbocycles. The lowest BCUT2D eigenvalue weighted by Crippen LogP contribution is -2.42. The van der Waals surface area contributed by atoms with E-state index in [9.17, 15) is 19.7 Å². The topological polar surface area (TPSA) is 117 Å². The molecule has 1 aliphatic heterocycles. The SMILES string of the molecule is CCCOc1cc(NC=C2C(=O)OC(C)(C)OC2=O)ccc1[N+](=O)[O-]. The number of cyclic esters (lactones) is 2. The first-order valence-electron chi connectivity index (χ1n) is 7.58. The Morgan fingerprint density at radius 1 is 1.28 bits per heavy atom. The van der Waals surface area contributed by atoms with Crippen molar-refractivity contribution in [2.24, 2.45) is 0 Å². The molecule has 0 saturated carbocycles. The molecule has 0 radical (unpaired) electrons. The minimum atomic E-state index is -1.32. The highest BCUT2D eigenvalue weighted by atomic mass is 16.7. The van der Waals surface area contributed by atoms with E-state index in [0.717, 1.165) is 6.20 Å². The fourth-order valence-electron chi connectivity index (χ4n) is 2.02. The number of carbonyl (C=O) groups is 2. The Morgan fingerprint density at radius 2 is 1.92 bits per heavy atom. The van der Waals surface area contributed by atoms with E-state index < -0.39 is 22.6 Å². The van der Waals surface area contributed by atoms with E-state index in [0.29, 0.717) is 18.7 Å². The maximum atomic E-state index is 11.8. The van der Waals surface area contributed by atoms with Crippen LogP contribution in [-0.4, -0.2) is 29.3 Å². The largest absolute Gasteiger partial charge is 0.487 e. The van der Waals surface area contributed by atoms with Crippen molar-refractivity contribution in [1.29, 1.82) is 0 Å². The zero-order valence-corrected chi connectivity index (χ0v) is 14.0. The molecule has 0 atom stereocenters. The second kappa shape index (κ2) is 7.20. The first-order chi connectivity index (χ1) is 11.7. The molecule has 9 heteroatoms. The molecule has 1 saturated heterocycles. The summed E-state index contributed by atoms with van der Waals surface area (Å²) in [6.45, 7) is 5.08. The van der Waals surface area contributed by atoms with Gasteiger partial charge in [0.05, 0.1) is 11.5 Å². The summed E-state index contributed by atoms with van der Waals surface area (Å²) in [5, 5.41) is 13.7. The zero-order valence-electron chi connectivity index (χ0n) is 14.0. The Morgan fingerprint density at radius 3 is 2.48 bits per heavy atom. The zero-order chi connectivity index (χ0) is 18.6. The van der Waals surface area contributed by atoms with Crippen LogP contribution in [0.5, 0.6) is 5.75 Å². The van der Waals surface area contributed by atoms with Gasteiger partial charge >= 0.3 is 17.6 Å². The van der Waals surface area contributed by atoms with E-state index in [1.807, 2.05) is 6.92 Å². The Labute approximate surface area is 143 Å². The number of rotatable bonds is 6. The van der Waals surface area contributed by atoms with Crippen molar-refractivity contribution in [2.45, 2.75) is 33.0 Å². The standard InChI is InChI=1S/C16H18N2O7/c1-4-7-23-13-8-10(5-6-12(13)18(21)22)17-9-11-14(19)24-16(2,3)25-15(11)20/h5-6,8-9,17H,4,7H2,1-3H3. The second-order valence-electron chi connectivity index (χ2n) is 5.67. The van der Waals surface area contributed by atoms with Gasteiger partial charge < -0.3 is 19.5 Å². The summed E-state index contributed by atoms with van der Waals surface area (Å²) in [6.07, 6.45) is 1.82. The van der Waals surface area contributed by atoms with Crippen molar-refractivity contribution in [3.8, 4) is 5.75 Å². The van der Waals surface area contributed by atoms with Gasteiger partial charge in [-0.1, -0.05) is 6.92 Å². The van der Waals surface area contributed by atoms with Gasteiger partial charge in [0.15, 0.2) is 11.3 Å². The smallest absolute Gasteiger partial charge is 0.350 e. The number of nitro groups is 1. The molecule has 0 bridgehead atoms. The molecule has 134 valence electrons. The second-order valence-corrected chi connectivity index (χ2v) is 5.67. The molecular formula is C16H18N2O7. The Bertz CT molecular complexity index is 718. The minimum absolute atomic E-state index is 0.0881. The number of esters is 2. The van der Waals surface area contributed by atoms with Crippen molar-refractivity contribution in [3.05, 3.63) is 40.1 Å². The number of nitrogens with one attached hydrogen (secondary N) is 1. The molecule has 0 amide bonds. The molecule has 1 aromatic rings. The van der Waals surface area contributed by atoms with Gasteiger partial charge in [0.25, 0.3) is 5.79 Å². The maximum Gasteiger partial charge on any atom is 0.350 e. The van der Waals surface area contributed by atoms with E-state index in [2.05, 4.69) is 5.32 Å². The number of hydrogen-bond acceptors (Lipinski definition) is 8. The summed E-state index contributed by atoms with van der Waals surface area (Å²) >= 11 is 0. The van der Waals surface area contributed by atoms with Gasteiger partial charge in [-0.25, -0.2) is 9.59 Å². The van der Waals surface area contributed by atoms with Crippen molar-refractivity contribution in [1.82, 2.24) is 0 Å².